The Bertz CT molecular complexity index is 1430. The van der Waals surface area contributed by atoms with Gasteiger partial charge in [0.05, 0.1) is 24.8 Å². The molecular formula is C31H38FN3O6S. The Kier molecular flexibility index (Phi) is 11.7. The topological polar surface area (TPSA) is 105 Å². The van der Waals surface area contributed by atoms with Gasteiger partial charge in [0.25, 0.3) is 10.0 Å². The molecule has 0 unspecified atom stereocenters. The number of nitrogens with one attached hydrogen (secondary N) is 1. The Labute approximate surface area is 247 Å². The van der Waals surface area contributed by atoms with Crippen LogP contribution in [0.5, 0.6) is 11.5 Å². The molecule has 0 bridgehead atoms. The highest BCUT2D eigenvalue weighted by atomic mass is 32.2. The molecule has 0 saturated heterocycles. The number of sulfonamides is 1. The number of ether oxygens (including phenoxy) is 2. The first-order valence-corrected chi connectivity index (χ1v) is 15.2. The molecule has 0 aliphatic heterocycles. The number of carbonyl (C=O) groups excluding carboxylic acids is 2. The Morgan fingerprint density at radius 2 is 1.60 bits per heavy atom. The molecule has 3 rings (SSSR count). The molecule has 2 amide bonds. The summed E-state index contributed by atoms with van der Waals surface area (Å²) in [6, 6.07) is 17.2. The standard InChI is InChI=1S/C31H38FN3O6S/c1-5-7-19-33-31(37)27(6-2)34(21-23-11-9-8-10-12-23)30(36)22-35(25-15-13-24(32)14-16-25)42(38,39)26-17-18-28(40-3)29(20-26)41-4/h8-18,20,27H,5-7,19,21-22H2,1-4H3,(H,33,37)/t27-/m0/s1. The van der Waals surface area contributed by atoms with Crippen molar-refractivity contribution in [1.29, 1.82) is 0 Å². The van der Waals surface area contributed by atoms with E-state index in [2.05, 4.69) is 5.32 Å². The highest BCUT2D eigenvalue weighted by Gasteiger charge is 2.34. The summed E-state index contributed by atoms with van der Waals surface area (Å²) in [6.45, 7) is 3.74. The van der Waals surface area contributed by atoms with E-state index in [4.69, 9.17) is 9.47 Å². The van der Waals surface area contributed by atoms with Crippen molar-refractivity contribution < 1.29 is 31.9 Å². The zero-order valence-corrected chi connectivity index (χ0v) is 25.2. The van der Waals surface area contributed by atoms with E-state index in [1.54, 1.807) is 6.92 Å². The Morgan fingerprint density at radius 3 is 2.19 bits per heavy atom. The molecule has 0 aliphatic carbocycles. The van der Waals surface area contributed by atoms with Crippen LogP contribution in [0.3, 0.4) is 0 Å². The van der Waals surface area contributed by atoms with Gasteiger partial charge in [-0.05, 0) is 54.8 Å². The fraction of sp³-hybridized carbons (Fsp3) is 0.355. The number of methoxy groups -OCH3 is 2. The number of benzene rings is 3. The molecule has 0 radical (unpaired) electrons. The molecule has 0 aromatic heterocycles. The van der Waals surface area contributed by atoms with E-state index in [9.17, 15) is 22.4 Å². The first kappa shape index (κ1) is 32.4. The van der Waals surface area contributed by atoms with Gasteiger partial charge >= 0.3 is 0 Å². The summed E-state index contributed by atoms with van der Waals surface area (Å²) < 4.78 is 53.3. The third-order valence-corrected chi connectivity index (χ3v) is 8.52. The minimum absolute atomic E-state index is 0.0830. The van der Waals surface area contributed by atoms with E-state index >= 15 is 0 Å². The minimum atomic E-state index is -4.37. The highest BCUT2D eigenvalue weighted by molar-refractivity contribution is 7.92. The van der Waals surface area contributed by atoms with Gasteiger partial charge in [-0.15, -0.1) is 0 Å². The van der Waals surface area contributed by atoms with Crippen LogP contribution in [0, 0.1) is 5.82 Å². The summed E-state index contributed by atoms with van der Waals surface area (Å²) >= 11 is 0. The first-order chi connectivity index (χ1) is 20.2. The van der Waals surface area contributed by atoms with Crippen LogP contribution in [0.25, 0.3) is 0 Å². The van der Waals surface area contributed by atoms with Gasteiger partial charge in [0.15, 0.2) is 11.5 Å². The van der Waals surface area contributed by atoms with Crippen molar-refractivity contribution >= 4 is 27.5 Å². The van der Waals surface area contributed by atoms with Crippen LogP contribution in [-0.2, 0) is 26.2 Å². The normalized spacial score (nSPS) is 11.8. The number of hydrogen-bond donors (Lipinski definition) is 1. The van der Waals surface area contributed by atoms with Crippen molar-refractivity contribution in [3.63, 3.8) is 0 Å². The van der Waals surface area contributed by atoms with E-state index in [1.807, 2.05) is 37.3 Å². The molecule has 0 saturated carbocycles. The van der Waals surface area contributed by atoms with Crippen LogP contribution in [0.1, 0.15) is 38.7 Å². The number of rotatable bonds is 15. The molecule has 226 valence electrons. The zero-order valence-electron chi connectivity index (χ0n) is 24.4. The molecule has 1 atom stereocenters. The smallest absolute Gasteiger partial charge is 0.264 e. The van der Waals surface area contributed by atoms with Crippen LogP contribution >= 0.6 is 0 Å². The minimum Gasteiger partial charge on any atom is -0.493 e. The number of amides is 2. The van der Waals surface area contributed by atoms with Gasteiger partial charge < -0.3 is 19.7 Å². The van der Waals surface area contributed by atoms with Gasteiger partial charge in [0.1, 0.15) is 18.4 Å². The maximum atomic E-state index is 14.1. The van der Waals surface area contributed by atoms with Crippen LogP contribution < -0.4 is 19.1 Å². The summed E-state index contributed by atoms with van der Waals surface area (Å²) in [4.78, 5) is 28.5. The van der Waals surface area contributed by atoms with Gasteiger partial charge in [-0.2, -0.15) is 0 Å². The molecule has 42 heavy (non-hydrogen) atoms. The molecule has 0 heterocycles. The molecule has 1 N–H and O–H groups in total. The second-order valence-electron chi connectivity index (χ2n) is 9.58. The van der Waals surface area contributed by atoms with Gasteiger partial charge in [0.2, 0.25) is 11.8 Å². The van der Waals surface area contributed by atoms with Crippen molar-refractivity contribution in [1.82, 2.24) is 10.2 Å². The second kappa shape index (κ2) is 15.2. The van der Waals surface area contributed by atoms with E-state index in [0.29, 0.717) is 18.7 Å². The maximum absolute atomic E-state index is 14.1. The fourth-order valence-electron chi connectivity index (χ4n) is 4.45. The lowest BCUT2D eigenvalue weighted by atomic mass is 10.1. The maximum Gasteiger partial charge on any atom is 0.264 e. The average molecular weight is 600 g/mol. The number of nitrogens with zero attached hydrogens (tertiary/aromatic N) is 2. The molecule has 3 aromatic carbocycles. The number of carbonyl (C=O) groups is 2. The van der Waals surface area contributed by atoms with Crippen molar-refractivity contribution in [3.05, 3.63) is 84.2 Å². The SMILES string of the molecule is CCCCNC(=O)[C@H](CC)N(Cc1ccccc1)C(=O)CN(c1ccc(F)cc1)S(=O)(=O)c1ccc(OC)c(OC)c1. The lowest BCUT2D eigenvalue weighted by Gasteiger charge is -2.33. The van der Waals surface area contributed by atoms with Gasteiger partial charge in [-0.3, -0.25) is 13.9 Å². The summed E-state index contributed by atoms with van der Waals surface area (Å²) in [5, 5.41) is 2.89. The van der Waals surface area contributed by atoms with Gasteiger partial charge in [0, 0.05) is 19.2 Å². The fourth-order valence-corrected chi connectivity index (χ4v) is 5.88. The van der Waals surface area contributed by atoms with E-state index < -0.39 is 34.3 Å². The summed E-state index contributed by atoms with van der Waals surface area (Å²) in [5.41, 5.74) is 0.862. The number of unbranched alkanes of at least 4 members (excludes halogenated alkanes) is 1. The zero-order chi connectivity index (χ0) is 30.7. The lowest BCUT2D eigenvalue weighted by Crippen LogP contribution is -2.52. The van der Waals surface area contributed by atoms with Crippen molar-refractivity contribution in [2.75, 3.05) is 31.6 Å². The van der Waals surface area contributed by atoms with E-state index in [-0.39, 0.29) is 28.8 Å². The Hall–Kier alpha value is -4.12. The van der Waals surface area contributed by atoms with Crippen molar-refractivity contribution in [2.45, 2.75) is 50.6 Å². The molecule has 0 fully saturated rings. The van der Waals surface area contributed by atoms with Crippen molar-refractivity contribution in [3.8, 4) is 11.5 Å². The Balaban J connectivity index is 2.05. The second-order valence-corrected chi connectivity index (χ2v) is 11.4. The predicted octanol–water partition coefficient (Wildman–Crippen LogP) is 4.76. The largest absolute Gasteiger partial charge is 0.493 e. The average Bonchev–Trinajstić information content (AvgIpc) is 3.00. The van der Waals surface area contributed by atoms with Gasteiger partial charge in [-0.1, -0.05) is 50.6 Å². The van der Waals surface area contributed by atoms with E-state index in [0.717, 1.165) is 34.8 Å². The van der Waals surface area contributed by atoms with Crippen LogP contribution in [-0.4, -0.2) is 58.5 Å². The number of anilines is 1. The van der Waals surface area contributed by atoms with Crippen LogP contribution in [0.2, 0.25) is 0 Å². The molecule has 3 aromatic rings. The van der Waals surface area contributed by atoms with Crippen LogP contribution in [0.15, 0.2) is 77.7 Å². The number of hydrogen-bond acceptors (Lipinski definition) is 6. The molecule has 9 nitrogen and oxygen atoms in total. The van der Waals surface area contributed by atoms with Crippen LogP contribution in [0.4, 0.5) is 10.1 Å². The summed E-state index contributed by atoms with van der Waals surface area (Å²) in [5.74, 6) is -0.954. The molecular weight excluding hydrogens is 561 g/mol. The summed E-state index contributed by atoms with van der Waals surface area (Å²) in [6.07, 6.45) is 2.00. The van der Waals surface area contributed by atoms with Gasteiger partial charge in [-0.25, -0.2) is 12.8 Å². The predicted molar refractivity (Wildman–Crippen MR) is 159 cm³/mol. The quantitative estimate of drug-likeness (QED) is 0.253. The third kappa shape index (κ3) is 8.00. The first-order valence-electron chi connectivity index (χ1n) is 13.8. The molecule has 0 spiro atoms. The highest BCUT2D eigenvalue weighted by Crippen LogP contribution is 2.32. The summed E-state index contributed by atoms with van der Waals surface area (Å²) in [7, 11) is -1.56. The monoisotopic (exact) mass is 599 g/mol. The van der Waals surface area contributed by atoms with Crippen molar-refractivity contribution in [2.24, 2.45) is 0 Å². The lowest BCUT2D eigenvalue weighted by molar-refractivity contribution is -0.140. The third-order valence-electron chi connectivity index (χ3n) is 6.75. The Morgan fingerprint density at radius 1 is 0.929 bits per heavy atom. The molecule has 0 aliphatic rings. The molecule has 11 heteroatoms. The number of halogens is 1. The van der Waals surface area contributed by atoms with E-state index in [1.165, 1.54) is 49.5 Å².